The second-order valence-electron chi connectivity index (χ2n) is 17.5. The maximum absolute atomic E-state index is 6.79. The monoisotopic (exact) mass is 875 g/mol. The largest absolute Gasteiger partial charge is 0.329 e. The molecule has 0 amide bonds. The van der Waals surface area contributed by atoms with Gasteiger partial charge < -0.3 is 33.2 Å². The highest BCUT2D eigenvalue weighted by atomic mass is 16.9. The smallest absolute Gasteiger partial charge is 0.285 e. The van der Waals surface area contributed by atoms with Gasteiger partial charge in [-0.15, -0.1) is 0 Å². The first-order valence-electron chi connectivity index (χ1n) is 26.7. The van der Waals surface area contributed by atoms with Gasteiger partial charge in [-0.05, 0) is 51.4 Å². The van der Waals surface area contributed by atoms with Crippen LogP contribution in [0.3, 0.4) is 0 Å². The molecular formula is C52H106O9. The Labute approximate surface area is 379 Å². The average Bonchev–Trinajstić information content (AvgIpc) is 3.26. The number of hydrogen-bond donors (Lipinski definition) is 0. The van der Waals surface area contributed by atoms with Crippen LogP contribution in [0.2, 0.25) is 0 Å². The predicted molar refractivity (Wildman–Crippen MR) is 254 cm³/mol. The fraction of sp³-hybridized carbons (Fsp3) is 1.00. The van der Waals surface area contributed by atoms with Crippen LogP contribution in [0, 0.1) is 0 Å². The molecule has 0 aromatic carbocycles. The molecule has 0 aliphatic carbocycles. The van der Waals surface area contributed by atoms with Crippen molar-refractivity contribution in [1.82, 2.24) is 0 Å². The third kappa shape index (κ3) is 36.5. The molecule has 0 radical (unpaired) electrons. The summed E-state index contributed by atoms with van der Waals surface area (Å²) in [4.78, 5) is 0. The molecule has 0 rings (SSSR count). The van der Waals surface area contributed by atoms with Crippen LogP contribution >= 0.6 is 0 Å². The third-order valence-electron chi connectivity index (χ3n) is 11.3. The summed E-state index contributed by atoms with van der Waals surface area (Å²) in [6, 6.07) is 0. The fourth-order valence-electron chi connectivity index (χ4n) is 7.40. The number of ether oxygens (including phenoxy) is 9. The summed E-state index contributed by atoms with van der Waals surface area (Å²) in [6.45, 7) is 20.3. The van der Waals surface area contributed by atoms with Gasteiger partial charge in [0.25, 0.3) is 11.9 Å². The Morgan fingerprint density at radius 3 is 0.820 bits per heavy atom. The van der Waals surface area contributed by atoms with Crippen molar-refractivity contribution in [3.8, 4) is 0 Å². The lowest BCUT2D eigenvalue weighted by Crippen LogP contribution is -2.44. The van der Waals surface area contributed by atoms with Crippen molar-refractivity contribution < 1.29 is 42.6 Å². The minimum atomic E-state index is -1.13. The molecule has 61 heavy (non-hydrogen) atoms. The van der Waals surface area contributed by atoms with E-state index in [1.54, 1.807) is 0 Å². The van der Waals surface area contributed by atoms with Crippen molar-refractivity contribution in [3.63, 3.8) is 0 Å². The van der Waals surface area contributed by atoms with Crippen molar-refractivity contribution in [2.75, 3.05) is 40.0 Å². The average molecular weight is 875 g/mol. The Hall–Kier alpha value is -0.360. The van der Waals surface area contributed by atoms with Crippen LogP contribution in [-0.2, 0) is 42.6 Å². The summed E-state index contributed by atoms with van der Waals surface area (Å²) in [5, 5.41) is 0. The zero-order chi connectivity index (χ0) is 44.8. The normalized spacial score (nSPS) is 13.4. The number of unbranched alkanes of at least 4 members (excludes halogenated alkanes) is 22. The van der Waals surface area contributed by atoms with E-state index in [9.17, 15) is 0 Å². The van der Waals surface area contributed by atoms with Gasteiger partial charge in [-0.25, -0.2) is 0 Å². The molecule has 9 heteroatoms. The molecule has 0 spiro atoms. The summed E-state index contributed by atoms with van der Waals surface area (Å²) < 4.78 is 58.8. The van der Waals surface area contributed by atoms with Crippen molar-refractivity contribution in [1.29, 1.82) is 0 Å². The Kier molecular flexibility index (Phi) is 45.9. The van der Waals surface area contributed by atoms with E-state index < -0.39 is 24.5 Å². The molecule has 0 fully saturated rings. The molecule has 368 valence electrons. The maximum Gasteiger partial charge on any atom is 0.285 e. The van der Waals surface area contributed by atoms with Crippen molar-refractivity contribution >= 4 is 0 Å². The molecule has 0 N–H and O–H groups in total. The van der Waals surface area contributed by atoms with Gasteiger partial charge in [-0.2, -0.15) is 0 Å². The summed E-state index contributed by atoms with van der Waals surface area (Å²) in [6.07, 6.45) is 35.8. The van der Waals surface area contributed by atoms with Gasteiger partial charge >= 0.3 is 0 Å². The van der Waals surface area contributed by atoms with Crippen LogP contribution in [0.25, 0.3) is 0 Å². The van der Waals surface area contributed by atoms with E-state index in [0.717, 1.165) is 89.9 Å². The highest BCUT2D eigenvalue weighted by Crippen LogP contribution is 2.30. The molecule has 0 bridgehead atoms. The van der Waals surface area contributed by atoms with Crippen LogP contribution in [0.15, 0.2) is 0 Å². The van der Waals surface area contributed by atoms with Crippen molar-refractivity contribution in [2.45, 2.75) is 298 Å². The number of rotatable bonds is 52. The highest BCUT2D eigenvalue weighted by Gasteiger charge is 2.38. The van der Waals surface area contributed by atoms with Crippen LogP contribution in [-0.4, -0.2) is 64.5 Å². The first-order valence-corrected chi connectivity index (χ1v) is 26.7. The molecule has 0 saturated heterocycles. The minimum absolute atomic E-state index is 0.0220. The second kappa shape index (κ2) is 46.2. The first-order chi connectivity index (χ1) is 29.9. The summed E-state index contributed by atoms with van der Waals surface area (Å²) in [5.74, 6) is -2.27. The molecular weight excluding hydrogens is 769 g/mol. The Bertz CT molecular complexity index is 748. The Morgan fingerprint density at radius 2 is 0.557 bits per heavy atom. The lowest BCUT2D eigenvalue weighted by atomic mass is 10.1. The van der Waals surface area contributed by atoms with E-state index in [4.69, 9.17) is 42.6 Å². The van der Waals surface area contributed by atoms with Crippen LogP contribution in [0.1, 0.15) is 274 Å². The molecule has 0 aliphatic rings. The Balaban J connectivity index is 5.85. The lowest BCUT2D eigenvalue weighted by molar-refractivity contribution is -0.432. The fourth-order valence-corrected chi connectivity index (χ4v) is 7.40. The summed E-state index contributed by atoms with van der Waals surface area (Å²) in [5.41, 5.74) is 0. The van der Waals surface area contributed by atoms with Crippen LogP contribution < -0.4 is 0 Å². The highest BCUT2D eigenvalue weighted by molar-refractivity contribution is 4.65. The van der Waals surface area contributed by atoms with Gasteiger partial charge in [-0.1, -0.05) is 209 Å². The van der Waals surface area contributed by atoms with E-state index in [0.29, 0.717) is 52.1 Å². The van der Waals surface area contributed by atoms with Gasteiger partial charge in [0.15, 0.2) is 26.2 Å². The van der Waals surface area contributed by atoms with E-state index >= 15 is 0 Å². The lowest BCUT2D eigenvalue weighted by Gasteiger charge is -2.37. The van der Waals surface area contributed by atoms with E-state index in [-0.39, 0.29) is 13.6 Å². The minimum Gasteiger partial charge on any atom is -0.329 e. The molecule has 0 aromatic heterocycles. The molecule has 0 aliphatic heterocycles. The van der Waals surface area contributed by atoms with E-state index in [2.05, 4.69) is 55.4 Å². The topological polar surface area (TPSA) is 83.1 Å². The molecule has 2 atom stereocenters. The standard InChI is InChI=1S/C52H106O9/c1-9-17-23-29-35-43-56-51(41-33-27-21-13-5,57-44-36-30-24-18-10-2)60-49(39-15-7)54-47-53-48-55-50(40-16-8)61-52(42-34-28-22-14-6,58-45-37-31-25-19-11-3)59-46-38-32-26-20-12-4/h49-50H,9-48H2,1-8H3. The van der Waals surface area contributed by atoms with Gasteiger partial charge in [-0.3, -0.25) is 9.47 Å². The van der Waals surface area contributed by atoms with Gasteiger partial charge in [0.1, 0.15) is 0 Å². The zero-order valence-corrected chi connectivity index (χ0v) is 42.1. The predicted octanol–water partition coefficient (Wildman–Crippen LogP) is 16.4. The molecule has 2 unspecified atom stereocenters. The maximum atomic E-state index is 6.79. The first kappa shape index (κ1) is 60.6. The summed E-state index contributed by atoms with van der Waals surface area (Å²) >= 11 is 0. The summed E-state index contributed by atoms with van der Waals surface area (Å²) in [7, 11) is 0. The molecule has 9 nitrogen and oxygen atoms in total. The zero-order valence-electron chi connectivity index (χ0n) is 42.1. The van der Waals surface area contributed by atoms with Gasteiger partial charge in [0.05, 0.1) is 26.4 Å². The van der Waals surface area contributed by atoms with Crippen LogP contribution in [0.5, 0.6) is 0 Å². The quantitative estimate of drug-likeness (QED) is 0.0438. The molecule has 0 saturated carbocycles. The van der Waals surface area contributed by atoms with E-state index in [1.165, 1.54) is 103 Å². The SMILES string of the molecule is CCCCCCCOC(CCCCCC)(OCCCCCCC)OC(CCC)OCOCOC(CCC)OC(CCCCCC)(OCCCCCCC)OCCCCCCC. The molecule has 0 heterocycles. The number of hydrogen-bond acceptors (Lipinski definition) is 9. The Morgan fingerprint density at radius 1 is 0.295 bits per heavy atom. The molecule has 0 aromatic rings. The van der Waals surface area contributed by atoms with Crippen molar-refractivity contribution in [3.05, 3.63) is 0 Å². The third-order valence-corrected chi connectivity index (χ3v) is 11.3. The van der Waals surface area contributed by atoms with Gasteiger partial charge in [0.2, 0.25) is 0 Å². The van der Waals surface area contributed by atoms with E-state index in [1.807, 2.05) is 0 Å². The van der Waals surface area contributed by atoms with Crippen molar-refractivity contribution in [2.24, 2.45) is 0 Å². The van der Waals surface area contributed by atoms with Crippen LogP contribution in [0.4, 0.5) is 0 Å². The van der Waals surface area contributed by atoms with Gasteiger partial charge in [0, 0.05) is 12.8 Å². The second-order valence-corrected chi connectivity index (χ2v) is 17.5.